The van der Waals surface area contributed by atoms with E-state index in [-0.39, 0.29) is 11.7 Å². The van der Waals surface area contributed by atoms with E-state index < -0.39 is 0 Å². The molecule has 7 heteroatoms. The zero-order valence-corrected chi connectivity index (χ0v) is 23.0. The average Bonchev–Trinajstić information content (AvgIpc) is 3.00. The standard InChI is InChI=1S/C33H36FN5O/c1-40-21-20-39-18-16-38(17-19-39)15-14-24-6-12-28(13-7-24)36-33-35-23-26-22-31(25-8-10-27(34)11-9-25)29-4-2-3-5-30(29)32(26)37-33/h2-13,23,31H,14-22H2,1H3,(H,35,36,37). The molecular formula is C33H36FN5O. The van der Waals surface area contributed by atoms with Crippen molar-refractivity contribution in [1.29, 1.82) is 0 Å². The van der Waals surface area contributed by atoms with E-state index in [1.165, 1.54) is 23.3 Å². The third-order valence-electron chi connectivity index (χ3n) is 8.16. The van der Waals surface area contributed by atoms with Gasteiger partial charge in [0.1, 0.15) is 5.82 Å². The largest absolute Gasteiger partial charge is 0.383 e. The van der Waals surface area contributed by atoms with Crippen molar-refractivity contribution in [1.82, 2.24) is 19.8 Å². The summed E-state index contributed by atoms with van der Waals surface area (Å²) in [6.45, 7) is 7.38. The number of nitrogens with zero attached hydrogens (tertiary/aromatic N) is 4. The zero-order valence-electron chi connectivity index (χ0n) is 23.0. The number of hydrogen-bond acceptors (Lipinski definition) is 6. The van der Waals surface area contributed by atoms with E-state index in [1.807, 2.05) is 24.4 Å². The number of ether oxygens (including phenoxy) is 1. The smallest absolute Gasteiger partial charge is 0.227 e. The molecule has 1 atom stereocenters. The molecule has 6 rings (SSSR count). The van der Waals surface area contributed by atoms with Gasteiger partial charge in [-0.15, -0.1) is 0 Å². The van der Waals surface area contributed by atoms with Crippen LogP contribution in [0.5, 0.6) is 0 Å². The Morgan fingerprint density at radius 3 is 2.38 bits per heavy atom. The molecule has 1 N–H and O–H groups in total. The molecule has 0 saturated carbocycles. The second-order valence-corrected chi connectivity index (χ2v) is 10.7. The van der Waals surface area contributed by atoms with Gasteiger partial charge in [-0.05, 0) is 59.4 Å². The van der Waals surface area contributed by atoms with Gasteiger partial charge in [0.25, 0.3) is 0 Å². The van der Waals surface area contributed by atoms with Crippen LogP contribution in [0.1, 0.15) is 28.2 Å². The van der Waals surface area contributed by atoms with E-state index in [1.54, 1.807) is 7.11 Å². The third kappa shape index (κ3) is 6.07. The fraction of sp³-hybridized carbons (Fsp3) is 0.333. The first-order chi connectivity index (χ1) is 19.7. The van der Waals surface area contributed by atoms with E-state index in [9.17, 15) is 4.39 Å². The predicted molar refractivity (Wildman–Crippen MR) is 158 cm³/mol. The molecule has 0 amide bonds. The molecule has 0 bridgehead atoms. The second kappa shape index (κ2) is 12.3. The highest BCUT2D eigenvalue weighted by Gasteiger charge is 2.27. The summed E-state index contributed by atoms with van der Waals surface area (Å²) in [5.74, 6) is 0.527. The molecule has 2 heterocycles. The third-order valence-corrected chi connectivity index (χ3v) is 8.16. The number of halogens is 1. The number of aromatic nitrogens is 2. The van der Waals surface area contributed by atoms with Crippen molar-refractivity contribution in [3.8, 4) is 11.3 Å². The minimum atomic E-state index is -0.215. The fourth-order valence-electron chi connectivity index (χ4n) is 5.82. The highest BCUT2D eigenvalue weighted by molar-refractivity contribution is 5.73. The lowest BCUT2D eigenvalue weighted by Crippen LogP contribution is -2.47. The number of anilines is 2. The Hall–Kier alpha value is -3.65. The van der Waals surface area contributed by atoms with Crippen LogP contribution in [0.15, 0.2) is 79.0 Å². The molecule has 1 aliphatic carbocycles. The van der Waals surface area contributed by atoms with Crippen molar-refractivity contribution < 1.29 is 9.13 Å². The van der Waals surface area contributed by atoms with E-state index >= 15 is 0 Å². The lowest BCUT2D eigenvalue weighted by atomic mass is 9.78. The molecule has 4 aromatic rings. The fourth-order valence-corrected chi connectivity index (χ4v) is 5.82. The van der Waals surface area contributed by atoms with Crippen LogP contribution in [0.3, 0.4) is 0 Å². The van der Waals surface area contributed by atoms with Gasteiger partial charge in [-0.3, -0.25) is 4.90 Å². The van der Waals surface area contributed by atoms with Gasteiger partial charge in [-0.1, -0.05) is 48.5 Å². The molecule has 3 aromatic carbocycles. The quantitative estimate of drug-likeness (QED) is 0.303. The molecule has 206 valence electrons. The summed E-state index contributed by atoms with van der Waals surface area (Å²) in [5, 5.41) is 3.40. The van der Waals surface area contributed by atoms with Gasteiger partial charge in [-0.25, -0.2) is 14.4 Å². The van der Waals surface area contributed by atoms with Crippen molar-refractivity contribution in [3.63, 3.8) is 0 Å². The van der Waals surface area contributed by atoms with Gasteiger partial charge in [0.05, 0.1) is 12.3 Å². The SMILES string of the molecule is COCCN1CCN(CCc2ccc(Nc3ncc4c(n3)-c3ccccc3C(c3ccc(F)cc3)C4)cc2)CC1. The number of nitrogens with one attached hydrogen (secondary N) is 1. The minimum Gasteiger partial charge on any atom is -0.383 e. The first kappa shape index (κ1) is 26.6. The molecule has 0 radical (unpaired) electrons. The van der Waals surface area contributed by atoms with E-state index in [2.05, 4.69) is 62.6 Å². The van der Waals surface area contributed by atoms with E-state index in [4.69, 9.17) is 9.72 Å². The van der Waals surface area contributed by atoms with Crippen LogP contribution in [-0.2, 0) is 17.6 Å². The van der Waals surface area contributed by atoms with Crippen molar-refractivity contribution in [3.05, 3.63) is 107 Å². The van der Waals surface area contributed by atoms with Crippen LogP contribution < -0.4 is 5.32 Å². The maximum Gasteiger partial charge on any atom is 0.227 e. The summed E-state index contributed by atoms with van der Waals surface area (Å²) in [6.07, 6.45) is 3.76. The van der Waals surface area contributed by atoms with Gasteiger partial charge in [0.2, 0.25) is 5.95 Å². The maximum atomic E-state index is 13.6. The van der Waals surface area contributed by atoms with E-state index in [0.717, 1.165) is 86.8 Å². The summed E-state index contributed by atoms with van der Waals surface area (Å²) in [4.78, 5) is 14.6. The Morgan fingerprint density at radius 2 is 1.62 bits per heavy atom. The summed E-state index contributed by atoms with van der Waals surface area (Å²) >= 11 is 0. The average molecular weight is 538 g/mol. The normalized spacial score (nSPS) is 17.3. The maximum absolute atomic E-state index is 13.6. The monoisotopic (exact) mass is 537 g/mol. The molecular weight excluding hydrogens is 501 g/mol. The highest BCUT2D eigenvalue weighted by atomic mass is 19.1. The van der Waals surface area contributed by atoms with Gasteiger partial charge in [0, 0.05) is 69.7 Å². The number of benzene rings is 3. The van der Waals surface area contributed by atoms with Crippen LogP contribution >= 0.6 is 0 Å². The summed E-state index contributed by atoms with van der Waals surface area (Å²) in [6, 6.07) is 23.8. The van der Waals surface area contributed by atoms with Crippen molar-refractivity contribution in [2.24, 2.45) is 0 Å². The summed E-state index contributed by atoms with van der Waals surface area (Å²) in [5.41, 5.74) is 7.80. The molecule has 6 nitrogen and oxygen atoms in total. The predicted octanol–water partition coefficient (Wildman–Crippen LogP) is 5.52. The van der Waals surface area contributed by atoms with E-state index in [0.29, 0.717) is 5.95 Å². The van der Waals surface area contributed by atoms with Gasteiger partial charge >= 0.3 is 0 Å². The molecule has 40 heavy (non-hydrogen) atoms. The van der Waals surface area contributed by atoms with Gasteiger partial charge in [-0.2, -0.15) is 0 Å². The second-order valence-electron chi connectivity index (χ2n) is 10.7. The highest BCUT2D eigenvalue weighted by Crippen LogP contribution is 2.42. The number of methoxy groups -OCH3 is 1. The molecule has 1 saturated heterocycles. The molecule has 1 aliphatic heterocycles. The Kier molecular flexibility index (Phi) is 8.14. The molecule has 1 unspecified atom stereocenters. The Morgan fingerprint density at radius 1 is 0.900 bits per heavy atom. The Labute approximate surface area is 235 Å². The van der Waals surface area contributed by atoms with Crippen LogP contribution in [-0.4, -0.2) is 72.8 Å². The Balaban J connectivity index is 1.09. The van der Waals surface area contributed by atoms with Crippen LogP contribution in [0.4, 0.5) is 16.0 Å². The lowest BCUT2D eigenvalue weighted by molar-refractivity contribution is 0.0976. The first-order valence-corrected chi connectivity index (χ1v) is 14.2. The summed E-state index contributed by atoms with van der Waals surface area (Å²) < 4.78 is 18.8. The minimum absolute atomic E-state index is 0.152. The molecule has 0 spiro atoms. The first-order valence-electron chi connectivity index (χ1n) is 14.2. The zero-order chi connectivity index (χ0) is 27.3. The van der Waals surface area contributed by atoms with Crippen molar-refractivity contribution in [2.75, 3.05) is 58.3 Å². The molecule has 1 fully saturated rings. The molecule has 2 aliphatic rings. The van der Waals surface area contributed by atoms with Crippen molar-refractivity contribution >= 4 is 11.6 Å². The van der Waals surface area contributed by atoms with Crippen molar-refractivity contribution in [2.45, 2.75) is 18.8 Å². The Bertz CT molecular complexity index is 1420. The lowest BCUT2D eigenvalue weighted by Gasteiger charge is -2.34. The van der Waals surface area contributed by atoms with Crippen LogP contribution in [0.2, 0.25) is 0 Å². The van der Waals surface area contributed by atoms with Gasteiger partial charge in [0.15, 0.2) is 0 Å². The van der Waals surface area contributed by atoms with Crippen LogP contribution in [0, 0.1) is 5.82 Å². The molecule has 1 aromatic heterocycles. The number of hydrogen-bond donors (Lipinski definition) is 1. The number of fused-ring (bicyclic) bond motifs is 3. The number of piperazine rings is 1. The van der Waals surface area contributed by atoms with Gasteiger partial charge < -0.3 is 15.0 Å². The topological polar surface area (TPSA) is 53.5 Å². The summed E-state index contributed by atoms with van der Waals surface area (Å²) in [7, 11) is 1.77. The van der Waals surface area contributed by atoms with Crippen LogP contribution in [0.25, 0.3) is 11.3 Å². The number of rotatable bonds is 9.